The van der Waals surface area contributed by atoms with Gasteiger partial charge in [0.25, 0.3) is 0 Å². The first-order valence-electron chi connectivity index (χ1n) is 1.52. The highest BCUT2D eigenvalue weighted by Crippen LogP contribution is 1.61. The molecule has 0 spiro atoms. The second-order valence-corrected chi connectivity index (χ2v) is 0.697. The maximum atomic E-state index is 3.48. The van der Waals surface area contributed by atoms with Gasteiger partial charge in [-0.25, -0.2) is 0 Å². The van der Waals surface area contributed by atoms with Crippen LogP contribution in [0.4, 0.5) is 14.1 Å². The van der Waals surface area contributed by atoms with Gasteiger partial charge in [0.2, 0.25) is 0 Å². The van der Waals surface area contributed by atoms with Gasteiger partial charge in [-0.05, 0) is 0 Å². The van der Waals surface area contributed by atoms with E-state index in [2.05, 4.69) is 14.4 Å². The number of hydrogen-bond acceptors (Lipinski definition) is 0. The highest BCUT2D eigenvalue weighted by molar-refractivity contribution is 6.09. The SMILES string of the molecule is BCC=C.F.F.F. The van der Waals surface area contributed by atoms with E-state index in [0.29, 0.717) is 0 Å². The summed E-state index contributed by atoms with van der Waals surface area (Å²) in [5.74, 6) is 0. The topological polar surface area (TPSA) is 0 Å². The molecule has 0 atom stereocenters. The Morgan fingerprint density at radius 1 is 1.29 bits per heavy atom. The minimum Gasteiger partial charge on any atom is -0.269 e. The van der Waals surface area contributed by atoms with E-state index >= 15 is 0 Å². The van der Waals surface area contributed by atoms with Gasteiger partial charge in [-0.2, -0.15) is 0 Å². The summed E-state index contributed by atoms with van der Waals surface area (Å²) in [7, 11) is 2.06. The van der Waals surface area contributed by atoms with E-state index in [1.165, 1.54) is 0 Å². The quantitative estimate of drug-likeness (QED) is 0.347. The van der Waals surface area contributed by atoms with Crippen molar-refractivity contribution in [3.8, 4) is 0 Å². The fourth-order valence-corrected chi connectivity index (χ4v) is 0. The van der Waals surface area contributed by atoms with Crippen LogP contribution >= 0.6 is 0 Å². The van der Waals surface area contributed by atoms with Crippen molar-refractivity contribution in [3.63, 3.8) is 0 Å². The molecule has 0 aromatic rings. The Morgan fingerprint density at radius 3 is 1.43 bits per heavy atom. The molecule has 0 rings (SSSR count). The van der Waals surface area contributed by atoms with E-state index in [0.717, 1.165) is 6.32 Å². The van der Waals surface area contributed by atoms with Crippen molar-refractivity contribution in [3.05, 3.63) is 12.7 Å². The Balaban J connectivity index is -0.0000000150. The smallest absolute Gasteiger partial charge is 0.106 e. The fraction of sp³-hybridized carbons (Fsp3) is 0.333. The third kappa shape index (κ3) is 204. The van der Waals surface area contributed by atoms with Crippen molar-refractivity contribution in [1.82, 2.24) is 0 Å². The minimum atomic E-state index is 0. The van der Waals surface area contributed by atoms with E-state index in [9.17, 15) is 0 Å². The first kappa shape index (κ1) is 30.7. The van der Waals surface area contributed by atoms with Gasteiger partial charge >= 0.3 is 0 Å². The molecule has 0 saturated heterocycles. The molecular formula is C3H10BF3. The molecule has 0 radical (unpaired) electrons. The van der Waals surface area contributed by atoms with Crippen LogP contribution in [-0.2, 0) is 0 Å². The Hall–Kier alpha value is -0.405. The molecule has 0 aromatic carbocycles. The van der Waals surface area contributed by atoms with Crippen molar-refractivity contribution < 1.29 is 14.1 Å². The normalized spacial score (nSPS) is 3.43. The molecule has 0 aliphatic rings. The first-order valence-corrected chi connectivity index (χ1v) is 1.52. The zero-order valence-electron chi connectivity index (χ0n) is 4.22. The maximum absolute atomic E-state index is 3.48. The van der Waals surface area contributed by atoms with E-state index in [1.807, 2.05) is 6.08 Å². The summed E-state index contributed by atoms with van der Waals surface area (Å²) in [5, 5.41) is 0. The predicted molar refractivity (Wildman–Crippen MR) is 31.1 cm³/mol. The molecule has 0 amide bonds. The molecule has 0 aromatic heterocycles. The third-order valence-corrected chi connectivity index (χ3v) is 0.289. The van der Waals surface area contributed by atoms with Crippen molar-refractivity contribution in [2.45, 2.75) is 6.32 Å². The highest BCUT2D eigenvalue weighted by atomic mass is 19.0. The summed E-state index contributed by atoms with van der Waals surface area (Å²) in [4.78, 5) is 0. The van der Waals surface area contributed by atoms with Crippen LogP contribution in [0.15, 0.2) is 12.7 Å². The lowest BCUT2D eigenvalue weighted by atomic mass is 10.1. The highest BCUT2D eigenvalue weighted by Gasteiger charge is 1.47. The van der Waals surface area contributed by atoms with E-state index in [4.69, 9.17) is 0 Å². The van der Waals surface area contributed by atoms with Crippen LogP contribution < -0.4 is 0 Å². The Labute approximate surface area is 42.1 Å². The lowest BCUT2D eigenvalue weighted by Crippen LogP contribution is -1.47. The van der Waals surface area contributed by atoms with Crippen LogP contribution in [0.2, 0.25) is 6.32 Å². The molecule has 0 unspecified atom stereocenters. The molecule has 0 heterocycles. The third-order valence-electron chi connectivity index (χ3n) is 0.289. The maximum Gasteiger partial charge on any atom is 0.106 e. The molecule has 4 heteroatoms. The number of allylic oxidation sites excluding steroid dienone is 1. The molecule has 7 heavy (non-hydrogen) atoms. The Kier molecular flexibility index (Phi) is 203. The molecule has 0 aliphatic heterocycles. The van der Waals surface area contributed by atoms with Crippen molar-refractivity contribution in [2.75, 3.05) is 0 Å². The summed E-state index contributed by atoms with van der Waals surface area (Å²) in [6, 6.07) is 0. The largest absolute Gasteiger partial charge is 0.269 e. The average Bonchev–Trinajstić information content (AvgIpc) is 1.37. The van der Waals surface area contributed by atoms with Crippen molar-refractivity contribution in [2.24, 2.45) is 0 Å². The van der Waals surface area contributed by atoms with Gasteiger partial charge in [0, 0.05) is 0 Å². The van der Waals surface area contributed by atoms with Gasteiger partial charge < -0.3 is 0 Å². The fourth-order valence-electron chi connectivity index (χ4n) is 0. The van der Waals surface area contributed by atoms with Gasteiger partial charge in [0.1, 0.15) is 7.85 Å². The summed E-state index contributed by atoms with van der Waals surface area (Å²) in [6.45, 7) is 3.48. The molecule has 0 nitrogen and oxygen atoms in total. The first-order chi connectivity index (χ1) is 1.91. The second kappa shape index (κ2) is 46.4. The molecule has 0 N–H and O–H groups in total. The van der Waals surface area contributed by atoms with Crippen LogP contribution in [0.25, 0.3) is 0 Å². The standard InChI is InChI=1S/C3H7B.3FH/c1-2-3-4;;;/h2H,1,3-4H2;3*1H. The zero-order valence-corrected chi connectivity index (χ0v) is 4.22. The lowest BCUT2D eigenvalue weighted by molar-refractivity contribution is 1.11. The Bertz CT molecular complexity index is 24.1. The van der Waals surface area contributed by atoms with Gasteiger partial charge in [-0.15, -0.1) is 6.58 Å². The second-order valence-electron chi connectivity index (χ2n) is 0.697. The van der Waals surface area contributed by atoms with Crippen LogP contribution in [0, 0.1) is 0 Å². The van der Waals surface area contributed by atoms with E-state index in [-0.39, 0.29) is 14.1 Å². The summed E-state index contributed by atoms with van der Waals surface area (Å²) in [6.07, 6.45) is 2.96. The predicted octanol–water partition coefficient (Wildman–Crippen LogP) is 0.681. The van der Waals surface area contributed by atoms with Gasteiger partial charge in [0.05, 0.1) is 0 Å². The number of halogens is 3. The average molecular weight is 114 g/mol. The van der Waals surface area contributed by atoms with Gasteiger partial charge in [-0.3, -0.25) is 14.1 Å². The molecule has 46 valence electrons. The zero-order chi connectivity index (χ0) is 3.41. The van der Waals surface area contributed by atoms with Crippen LogP contribution in [0.5, 0.6) is 0 Å². The van der Waals surface area contributed by atoms with E-state index < -0.39 is 0 Å². The molecule has 0 saturated carbocycles. The van der Waals surface area contributed by atoms with E-state index in [1.54, 1.807) is 0 Å². The van der Waals surface area contributed by atoms with Crippen LogP contribution in [-0.4, -0.2) is 7.85 Å². The van der Waals surface area contributed by atoms with Gasteiger partial charge in [-0.1, -0.05) is 12.4 Å². The Morgan fingerprint density at radius 2 is 1.43 bits per heavy atom. The molecule has 0 aliphatic carbocycles. The minimum absolute atomic E-state index is 0. The lowest BCUT2D eigenvalue weighted by Gasteiger charge is -1.56. The molecule has 0 fully saturated rings. The van der Waals surface area contributed by atoms with Crippen molar-refractivity contribution >= 4 is 7.85 Å². The van der Waals surface area contributed by atoms with Crippen LogP contribution in [0.3, 0.4) is 0 Å². The number of hydrogen-bond donors (Lipinski definition) is 0. The summed E-state index contributed by atoms with van der Waals surface area (Å²) in [5.41, 5.74) is 0. The summed E-state index contributed by atoms with van der Waals surface area (Å²) >= 11 is 0. The van der Waals surface area contributed by atoms with Gasteiger partial charge in [0.15, 0.2) is 0 Å². The monoisotopic (exact) mass is 114 g/mol. The number of rotatable bonds is 1. The van der Waals surface area contributed by atoms with Crippen LogP contribution in [0.1, 0.15) is 0 Å². The van der Waals surface area contributed by atoms with Crippen molar-refractivity contribution in [1.29, 1.82) is 0 Å². The summed E-state index contributed by atoms with van der Waals surface area (Å²) < 4.78 is 0. The molecule has 0 bridgehead atoms. The molecular weight excluding hydrogens is 104 g/mol.